The number of carbonyl (C=O) groups excluding carboxylic acids is 2. The Morgan fingerprint density at radius 2 is 2.03 bits per heavy atom. The smallest absolute Gasteiger partial charge is 0.352 e. The highest BCUT2D eigenvalue weighted by Crippen LogP contribution is 2.41. The summed E-state index contributed by atoms with van der Waals surface area (Å²) in [6.45, 7) is 4.53. The van der Waals surface area contributed by atoms with Gasteiger partial charge in [0.25, 0.3) is 11.8 Å². The molecule has 2 amide bonds. The number of aliphatic carboxylic acids is 1. The molecule has 2 unspecified atom stereocenters. The summed E-state index contributed by atoms with van der Waals surface area (Å²) in [6, 6.07) is 7.51. The van der Waals surface area contributed by atoms with E-state index in [0.29, 0.717) is 34.3 Å². The molecule has 3 N–H and O–H groups in total. The van der Waals surface area contributed by atoms with Gasteiger partial charge >= 0.3 is 5.97 Å². The van der Waals surface area contributed by atoms with Gasteiger partial charge in [-0.1, -0.05) is 42.1 Å². The number of benzene rings is 1. The molecule has 1 fully saturated rings. The van der Waals surface area contributed by atoms with Gasteiger partial charge in [0.05, 0.1) is 0 Å². The van der Waals surface area contributed by atoms with Gasteiger partial charge in [0.1, 0.15) is 22.9 Å². The Morgan fingerprint density at radius 1 is 1.30 bits per heavy atom. The maximum atomic E-state index is 12.8. The number of carboxylic acid groups (broad SMARTS) is 1. The Balaban J connectivity index is 1.47. The van der Waals surface area contributed by atoms with E-state index in [1.807, 2.05) is 18.4 Å². The Bertz CT molecular complexity index is 1120. The zero-order chi connectivity index (χ0) is 23.7. The number of hydrogen-bond acceptors (Lipinski definition) is 8. The summed E-state index contributed by atoms with van der Waals surface area (Å²) in [4.78, 5) is 38.5. The first-order valence-corrected chi connectivity index (χ1v) is 12.3. The zero-order valence-electron chi connectivity index (χ0n) is 18.0. The first-order chi connectivity index (χ1) is 15.8. The number of aryl methyl sites for hydroxylation is 1. The van der Waals surface area contributed by atoms with Crippen molar-refractivity contribution in [2.75, 3.05) is 11.5 Å². The van der Waals surface area contributed by atoms with Crippen LogP contribution in [0.2, 0.25) is 0 Å². The summed E-state index contributed by atoms with van der Waals surface area (Å²) in [7, 11) is 0. The van der Waals surface area contributed by atoms with Crippen LogP contribution >= 0.6 is 23.5 Å². The number of nitrogens with zero attached hydrogens (tertiary/aromatic N) is 4. The number of rotatable bonds is 8. The number of amides is 2. The molecule has 0 bridgehead atoms. The minimum absolute atomic E-state index is 0.0513. The number of β-lactam (4-membered cyclic amide) rings is 1. The van der Waals surface area contributed by atoms with E-state index in [1.165, 1.54) is 28.4 Å². The van der Waals surface area contributed by atoms with Crippen LogP contribution in [-0.4, -0.2) is 70.6 Å². The number of carboxylic acids is 1. The van der Waals surface area contributed by atoms with Crippen LogP contribution in [-0.2, 0) is 20.9 Å². The minimum atomic E-state index is -1.41. The lowest BCUT2D eigenvalue weighted by molar-refractivity contribution is -0.151. The van der Waals surface area contributed by atoms with Crippen molar-refractivity contribution in [3.8, 4) is 0 Å². The van der Waals surface area contributed by atoms with Crippen LogP contribution in [0.25, 0.3) is 0 Å². The van der Waals surface area contributed by atoms with E-state index in [1.54, 1.807) is 30.3 Å². The molecule has 1 saturated heterocycles. The second kappa shape index (κ2) is 9.57. The molecule has 0 saturated carbocycles. The molecule has 10 nitrogen and oxygen atoms in total. The molecule has 1 aromatic carbocycles. The molecule has 4 rings (SSSR count). The Morgan fingerprint density at radius 3 is 2.70 bits per heavy atom. The Labute approximate surface area is 198 Å². The van der Waals surface area contributed by atoms with Crippen LogP contribution in [0.4, 0.5) is 0 Å². The van der Waals surface area contributed by atoms with Gasteiger partial charge in [-0.15, -0.1) is 22.0 Å². The topological polar surface area (TPSA) is 138 Å². The molecule has 33 heavy (non-hydrogen) atoms. The van der Waals surface area contributed by atoms with Crippen LogP contribution in [0, 0.1) is 6.92 Å². The van der Waals surface area contributed by atoms with Gasteiger partial charge in [-0.2, -0.15) is 0 Å². The summed E-state index contributed by atoms with van der Waals surface area (Å²) in [5, 5.41) is 31.0. The molecule has 3 atom stereocenters. The molecular formula is C21H23N5O5S2. The summed E-state index contributed by atoms with van der Waals surface area (Å²) in [6.07, 6.45) is -1.41. The highest BCUT2D eigenvalue weighted by atomic mass is 32.2. The minimum Gasteiger partial charge on any atom is -0.477 e. The van der Waals surface area contributed by atoms with E-state index in [4.69, 9.17) is 0 Å². The second-order valence-corrected chi connectivity index (χ2v) is 9.58. The molecule has 3 heterocycles. The molecule has 0 aliphatic carbocycles. The molecule has 2 aromatic rings. The fourth-order valence-corrected chi connectivity index (χ4v) is 6.33. The summed E-state index contributed by atoms with van der Waals surface area (Å²) >= 11 is 2.76. The van der Waals surface area contributed by atoms with Gasteiger partial charge in [0.2, 0.25) is 0 Å². The van der Waals surface area contributed by atoms with E-state index in [0.717, 1.165) is 5.82 Å². The molecule has 2 aliphatic rings. The fourth-order valence-electron chi connectivity index (χ4n) is 3.80. The van der Waals surface area contributed by atoms with Gasteiger partial charge in [-0.3, -0.25) is 14.5 Å². The van der Waals surface area contributed by atoms with Crippen LogP contribution in [0.5, 0.6) is 0 Å². The molecule has 174 valence electrons. The van der Waals surface area contributed by atoms with Crippen LogP contribution in [0.15, 0.2) is 46.8 Å². The number of hydrogen-bond donors (Lipinski definition) is 3. The number of fused-ring (bicyclic) bond motifs is 1. The van der Waals surface area contributed by atoms with Gasteiger partial charge < -0.3 is 20.1 Å². The highest BCUT2D eigenvalue weighted by Gasteiger charge is 2.54. The lowest BCUT2D eigenvalue weighted by Gasteiger charge is -2.49. The molecule has 0 spiro atoms. The standard InChI is InChI=1S/C21H23N5O5S2/c1-3-25-11(2)23-24-21(25)33-10-13-9-32-19-14(18(29)26(19)15(13)20(30)31)22-17(28)16(27)12-7-5-4-6-8-12/h4-8,14,16,19,27H,3,9-10H2,1-2H3,(H,22,28)(H,30,31)/t14?,16?,19-/m0/s1. The van der Waals surface area contributed by atoms with Crippen LogP contribution in [0.3, 0.4) is 0 Å². The first-order valence-electron chi connectivity index (χ1n) is 10.3. The Hall–Kier alpha value is -2.83. The maximum absolute atomic E-state index is 12.8. The van der Waals surface area contributed by atoms with Gasteiger partial charge in [-0.25, -0.2) is 4.79 Å². The number of thioether (sulfide) groups is 2. The summed E-state index contributed by atoms with van der Waals surface area (Å²) < 4.78 is 1.93. The van der Waals surface area contributed by atoms with E-state index in [2.05, 4.69) is 15.5 Å². The van der Waals surface area contributed by atoms with E-state index < -0.39 is 35.3 Å². The highest BCUT2D eigenvalue weighted by molar-refractivity contribution is 8.01. The predicted octanol–water partition coefficient (Wildman–Crippen LogP) is 1.17. The Kier molecular flexibility index (Phi) is 6.77. The zero-order valence-corrected chi connectivity index (χ0v) is 19.6. The third-order valence-corrected chi connectivity index (χ3v) is 7.90. The normalized spacial score (nSPS) is 20.8. The number of aliphatic hydroxyl groups is 1. The van der Waals surface area contributed by atoms with Crippen molar-refractivity contribution in [2.24, 2.45) is 0 Å². The van der Waals surface area contributed by atoms with Gasteiger partial charge in [0, 0.05) is 18.1 Å². The number of carbonyl (C=O) groups is 3. The van der Waals surface area contributed by atoms with Crippen molar-refractivity contribution >= 4 is 41.3 Å². The van der Waals surface area contributed by atoms with Crippen molar-refractivity contribution in [3.05, 3.63) is 53.0 Å². The molecular weight excluding hydrogens is 466 g/mol. The average molecular weight is 490 g/mol. The lowest BCUT2D eigenvalue weighted by Crippen LogP contribution is -2.70. The quantitative estimate of drug-likeness (QED) is 0.368. The SMILES string of the molecule is CCn1c(C)nnc1SCC1=C(C(=O)O)N2C(=O)C(NC(=O)C(O)c3ccccc3)[C@@H]2SC1. The van der Waals surface area contributed by atoms with Crippen LogP contribution < -0.4 is 5.32 Å². The molecule has 1 aromatic heterocycles. The molecule has 12 heteroatoms. The predicted molar refractivity (Wildman–Crippen MR) is 122 cm³/mol. The van der Waals surface area contributed by atoms with E-state index in [9.17, 15) is 24.6 Å². The fraction of sp³-hybridized carbons (Fsp3) is 0.381. The second-order valence-electron chi connectivity index (χ2n) is 7.53. The third-order valence-electron chi connectivity index (χ3n) is 5.50. The lowest BCUT2D eigenvalue weighted by atomic mass is 10.0. The van der Waals surface area contributed by atoms with Gasteiger partial charge in [0.15, 0.2) is 11.3 Å². The number of nitrogens with one attached hydrogen (secondary N) is 1. The van der Waals surface area contributed by atoms with Crippen molar-refractivity contribution in [2.45, 2.75) is 43.1 Å². The maximum Gasteiger partial charge on any atom is 0.352 e. The summed E-state index contributed by atoms with van der Waals surface area (Å²) in [5.41, 5.74) is 0.972. The van der Waals surface area contributed by atoms with E-state index >= 15 is 0 Å². The van der Waals surface area contributed by atoms with Crippen molar-refractivity contribution in [3.63, 3.8) is 0 Å². The summed E-state index contributed by atoms with van der Waals surface area (Å²) in [5.74, 6) is -0.862. The third kappa shape index (κ3) is 4.37. The molecule has 2 aliphatic heterocycles. The molecule has 0 radical (unpaired) electrons. The van der Waals surface area contributed by atoms with Crippen LogP contribution in [0.1, 0.15) is 24.4 Å². The van der Waals surface area contributed by atoms with E-state index in [-0.39, 0.29) is 5.70 Å². The number of aromatic nitrogens is 3. The largest absolute Gasteiger partial charge is 0.477 e. The number of aliphatic hydroxyl groups excluding tert-OH is 1. The van der Waals surface area contributed by atoms with Crippen molar-refractivity contribution in [1.82, 2.24) is 25.0 Å². The monoisotopic (exact) mass is 489 g/mol. The average Bonchev–Trinajstić information content (AvgIpc) is 3.19. The first kappa shape index (κ1) is 23.3. The van der Waals surface area contributed by atoms with Crippen molar-refractivity contribution in [1.29, 1.82) is 0 Å². The van der Waals surface area contributed by atoms with Gasteiger partial charge in [-0.05, 0) is 25.0 Å². The van der Waals surface area contributed by atoms with Crippen molar-refractivity contribution < 1.29 is 24.6 Å².